The van der Waals surface area contributed by atoms with Crippen molar-refractivity contribution in [2.45, 2.75) is 24.3 Å². The zero-order valence-corrected chi connectivity index (χ0v) is 12.3. The van der Waals surface area contributed by atoms with Crippen LogP contribution in [0.15, 0.2) is 23.1 Å². The third-order valence-corrected chi connectivity index (χ3v) is 3.98. The van der Waals surface area contributed by atoms with Gasteiger partial charge >= 0.3 is 5.97 Å². The summed E-state index contributed by atoms with van der Waals surface area (Å²) in [6, 6.07) is 5.64. The highest BCUT2D eigenvalue weighted by molar-refractivity contribution is 7.98. The number of benzene rings is 1. The fourth-order valence-corrected chi connectivity index (χ4v) is 3.00. The number of morpholine rings is 1. The number of rotatable bonds is 3. The van der Waals surface area contributed by atoms with Crippen molar-refractivity contribution in [2.24, 2.45) is 0 Å². The number of anilines is 1. The molecule has 1 aromatic rings. The van der Waals surface area contributed by atoms with E-state index >= 15 is 0 Å². The maximum absolute atomic E-state index is 11.5. The van der Waals surface area contributed by atoms with Crippen LogP contribution in [0.4, 0.5) is 5.69 Å². The molecule has 0 atom stereocenters. The van der Waals surface area contributed by atoms with Crippen LogP contribution in [0.25, 0.3) is 0 Å². The van der Waals surface area contributed by atoms with Gasteiger partial charge in [-0.3, -0.25) is 0 Å². The quantitative estimate of drug-likeness (QED) is 0.863. The van der Waals surface area contributed by atoms with Crippen molar-refractivity contribution in [1.82, 2.24) is 0 Å². The molecule has 1 heterocycles. The van der Waals surface area contributed by atoms with E-state index in [9.17, 15) is 9.90 Å². The highest BCUT2D eigenvalue weighted by Crippen LogP contribution is 2.32. The van der Waals surface area contributed by atoms with Crippen LogP contribution in [0.1, 0.15) is 24.2 Å². The summed E-state index contributed by atoms with van der Waals surface area (Å²) < 4.78 is 5.68. The van der Waals surface area contributed by atoms with Gasteiger partial charge in [0.05, 0.1) is 23.5 Å². The summed E-state index contributed by atoms with van der Waals surface area (Å²) in [7, 11) is 0. The molecule has 0 aliphatic carbocycles. The molecule has 2 rings (SSSR count). The summed E-state index contributed by atoms with van der Waals surface area (Å²) in [5.41, 5.74) is 0.937. The zero-order chi connectivity index (χ0) is 14.0. The lowest BCUT2D eigenvalue weighted by Crippen LogP contribution is -2.48. The SMILES string of the molecule is CSc1cccc(N2CCOC(C)(C)C2)c1C(=O)O. The minimum absolute atomic E-state index is 0.247. The summed E-state index contributed by atoms with van der Waals surface area (Å²) in [6.07, 6.45) is 1.90. The molecule has 0 unspecified atom stereocenters. The predicted octanol–water partition coefficient (Wildman–Crippen LogP) is 2.72. The predicted molar refractivity (Wildman–Crippen MR) is 77.4 cm³/mol. The number of carbonyl (C=O) groups is 1. The fourth-order valence-electron chi connectivity index (χ4n) is 2.39. The highest BCUT2D eigenvalue weighted by Gasteiger charge is 2.30. The molecule has 104 valence electrons. The molecule has 0 aromatic heterocycles. The minimum Gasteiger partial charge on any atom is -0.478 e. The highest BCUT2D eigenvalue weighted by atomic mass is 32.2. The second kappa shape index (κ2) is 5.43. The van der Waals surface area contributed by atoms with Gasteiger partial charge in [-0.05, 0) is 32.2 Å². The summed E-state index contributed by atoms with van der Waals surface area (Å²) in [6.45, 7) is 6.10. The van der Waals surface area contributed by atoms with Gasteiger partial charge in [-0.25, -0.2) is 4.79 Å². The Morgan fingerprint density at radius 3 is 2.79 bits per heavy atom. The van der Waals surface area contributed by atoms with Gasteiger partial charge in [-0.2, -0.15) is 0 Å². The van der Waals surface area contributed by atoms with Crippen molar-refractivity contribution in [1.29, 1.82) is 0 Å². The summed E-state index contributed by atoms with van der Waals surface area (Å²) >= 11 is 1.46. The van der Waals surface area contributed by atoms with E-state index in [-0.39, 0.29) is 5.60 Å². The molecule has 4 nitrogen and oxygen atoms in total. The molecule has 0 amide bonds. The fraction of sp³-hybridized carbons (Fsp3) is 0.500. The molecule has 0 saturated carbocycles. The first-order valence-corrected chi connectivity index (χ1v) is 7.46. The van der Waals surface area contributed by atoms with E-state index in [1.807, 2.05) is 38.3 Å². The Balaban J connectivity index is 2.41. The standard InChI is InChI=1S/C14H19NO3S/c1-14(2)9-15(7-8-18-14)10-5-4-6-11(19-3)12(10)13(16)17/h4-6H,7-9H2,1-3H3,(H,16,17). The first kappa shape index (κ1) is 14.2. The third-order valence-electron chi connectivity index (χ3n) is 3.20. The van der Waals surface area contributed by atoms with Crippen LogP contribution >= 0.6 is 11.8 Å². The minimum atomic E-state index is -0.871. The van der Waals surface area contributed by atoms with E-state index in [1.54, 1.807) is 0 Å². The Morgan fingerprint density at radius 1 is 1.47 bits per heavy atom. The average Bonchev–Trinajstić information content (AvgIpc) is 2.36. The molecule has 1 fully saturated rings. The first-order valence-electron chi connectivity index (χ1n) is 6.24. The number of hydrogen-bond donors (Lipinski definition) is 1. The zero-order valence-electron chi connectivity index (χ0n) is 11.5. The number of aromatic carboxylic acids is 1. The number of carboxylic acids is 1. The molecule has 0 radical (unpaired) electrons. The molecule has 0 spiro atoms. The molecule has 1 aliphatic heterocycles. The van der Waals surface area contributed by atoms with Crippen molar-refractivity contribution in [3.8, 4) is 0 Å². The van der Waals surface area contributed by atoms with Crippen LogP contribution in [0.2, 0.25) is 0 Å². The van der Waals surface area contributed by atoms with Crippen LogP contribution in [0.3, 0.4) is 0 Å². The number of nitrogens with zero attached hydrogens (tertiary/aromatic N) is 1. The van der Waals surface area contributed by atoms with Gasteiger partial charge in [-0.15, -0.1) is 11.8 Å². The van der Waals surface area contributed by atoms with Crippen molar-refractivity contribution in [3.63, 3.8) is 0 Å². The lowest BCUT2D eigenvalue weighted by molar-refractivity contribution is -0.0277. The normalized spacial score (nSPS) is 18.4. The lowest BCUT2D eigenvalue weighted by atomic mass is 10.0. The molecule has 0 bridgehead atoms. The topological polar surface area (TPSA) is 49.8 Å². The Labute approximate surface area is 117 Å². The van der Waals surface area contributed by atoms with Crippen LogP contribution in [-0.2, 0) is 4.74 Å². The van der Waals surface area contributed by atoms with E-state index in [0.29, 0.717) is 18.7 Å². The summed E-state index contributed by atoms with van der Waals surface area (Å²) in [4.78, 5) is 14.4. The number of ether oxygens (including phenoxy) is 1. The molecular formula is C14H19NO3S. The number of hydrogen-bond acceptors (Lipinski definition) is 4. The summed E-state index contributed by atoms with van der Waals surface area (Å²) in [5, 5.41) is 9.47. The van der Waals surface area contributed by atoms with E-state index in [4.69, 9.17) is 4.74 Å². The van der Waals surface area contributed by atoms with Gasteiger partial charge in [0.15, 0.2) is 0 Å². The maximum atomic E-state index is 11.5. The van der Waals surface area contributed by atoms with Crippen LogP contribution in [0.5, 0.6) is 0 Å². The Kier molecular flexibility index (Phi) is 4.06. The van der Waals surface area contributed by atoms with Crippen molar-refractivity contribution in [2.75, 3.05) is 30.9 Å². The lowest BCUT2D eigenvalue weighted by Gasteiger charge is -2.40. The van der Waals surface area contributed by atoms with Gasteiger partial charge in [0.2, 0.25) is 0 Å². The largest absolute Gasteiger partial charge is 0.478 e. The van der Waals surface area contributed by atoms with E-state index < -0.39 is 5.97 Å². The van der Waals surface area contributed by atoms with E-state index in [2.05, 4.69) is 4.90 Å². The van der Waals surface area contributed by atoms with Gasteiger partial charge in [0, 0.05) is 18.0 Å². The number of thioether (sulfide) groups is 1. The first-order chi connectivity index (χ1) is 8.94. The van der Waals surface area contributed by atoms with Crippen LogP contribution in [-0.4, -0.2) is 42.6 Å². The van der Waals surface area contributed by atoms with Crippen molar-refractivity contribution < 1.29 is 14.6 Å². The second-order valence-corrected chi connectivity index (χ2v) is 6.04. The Morgan fingerprint density at radius 2 is 2.21 bits per heavy atom. The average molecular weight is 281 g/mol. The van der Waals surface area contributed by atoms with Crippen molar-refractivity contribution in [3.05, 3.63) is 23.8 Å². The molecular weight excluding hydrogens is 262 g/mol. The van der Waals surface area contributed by atoms with Gasteiger partial charge < -0.3 is 14.7 Å². The third kappa shape index (κ3) is 3.04. The van der Waals surface area contributed by atoms with Crippen LogP contribution < -0.4 is 4.90 Å². The molecule has 1 aromatic carbocycles. The van der Waals surface area contributed by atoms with E-state index in [0.717, 1.165) is 17.1 Å². The molecule has 1 aliphatic rings. The van der Waals surface area contributed by atoms with Gasteiger partial charge in [0.25, 0.3) is 0 Å². The Bertz CT molecular complexity index is 488. The van der Waals surface area contributed by atoms with Gasteiger partial charge in [0.1, 0.15) is 0 Å². The molecule has 19 heavy (non-hydrogen) atoms. The monoisotopic (exact) mass is 281 g/mol. The smallest absolute Gasteiger partial charge is 0.338 e. The number of carboxylic acid groups (broad SMARTS) is 1. The van der Waals surface area contributed by atoms with Gasteiger partial charge in [-0.1, -0.05) is 6.07 Å². The Hall–Kier alpha value is -1.20. The molecule has 1 N–H and O–H groups in total. The second-order valence-electron chi connectivity index (χ2n) is 5.19. The van der Waals surface area contributed by atoms with E-state index in [1.165, 1.54) is 11.8 Å². The molecule has 1 saturated heterocycles. The summed E-state index contributed by atoms with van der Waals surface area (Å²) in [5.74, 6) is -0.871. The molecule has 5 heteroatoms. The van der Waals surface area contributed by atoms with Crippen LogP contribution in [0, 0.1) is 0 Å². The maximum Gasteiger partial charge on any atom is 0.338 e. The van der Waals surface area contributed by atoms with Crippen molar-refractivity contribution >= 4 is 23.4 Å².